The van der Waals surface area contributed by atoms with E-state index in [2.05, 4.69) is 10.6 Å². The van der Waals surface area contributed by atoms with Crippen LogP contribution in [0.5, 0.6) is 5.75 Å². The lowest BCUT2D eigenvalue weighted by Crippen LogP contribution is -2.53. The van der Waals surface area contributed by atoms with E-state index in [1.807, 2.05) is 79.7 Å². The summed E-state index contributed by atoms with van der Waals surface area (Å²) < 4.78 is 10.6. The number of hydrogen-bond acceptors (Lipinski definition) is 6. The predicted octanol–water partition coefficient (Wildman–Crippen LogP) is 2.87. The van der Waals surface area contributed by atoms with Gasteiger partial charge in [0, 0.05) is 24.9 Å². The second-order valence-corrected chi connectivity index (χ2v) is 9.17. The fraction of sp³-hybridized carbons (Fsp3) is 0.300. The maximum Gasteiger partial charge on any atom is 0.328 e. The summed E-state index contributed by atoms with van der Waals surface area (Å²) in [5.74, 6) is -0.781. The van der Waals surface area contributed by atoms with Gasteiger partial charge >= 0.3 is 5.97 Å². The number of amides is 2. The molecule has 3 rings (SSSR count). The summed E-state index contributed by atoms with van der Waals surface area (Å²) in [6, 6.07) is 23.7. The van der Waals surface area contributed by atoms with E-state index < -0.39 is 29.9 Å². The van der Waals surface area contributed by atoms with Gasteiger partial charge in [-0.05, 0) is 49.5 Å². The molecule has 8 nitrogen and oxygen atoms in total. The SMILES string of the molecule is COC(=O)[C@H](Cc1ccccc1)NC(=O)[C@H](Cc1ccccc1)NC(=O)c1ccc(OCCN(C)C)cc1. The minimum atomic E-state index is -0.913. The lowest BCUT2D eigenvalue weighted by Gasteiger charge is -2.23. The third-order valence-electron chi connectivity index (χ3n) is 5.91. The van der Waals surface area contributed by atoms with E-state index in [9.17, 15) is 14.4 Å². The molecule has 3 aromatic rings. The molecular formula is C30H35N3O5. The smallest absolute Gasteiger partial charge is 0.328 e. The molecule has 0 aromatic heterocycles. The highest BCUT2D eigenvalue weighted by Gasteiger charge is 2.28. The van der Waals surface area contributed by atoms with Crippen LogP contribution in [0.3, 0.4) is 0 Å². The molecule has 0 heterocycles. The van der Waals surface area contributed by atoms with Gasteiger partial charge in [0.05, 0.1) is 7.11 Å². The Morgan fingerprint density at radius 3 is 1.84 bits per heavy atom. The molecule has 0 spiro atoms. The average Bonchev–Trinajstić information content (AvgIpc) is 2.93. The van der Waals surface area contributed by atoms with Crippen LogP contribution < -0.4 is 15.4 Å². The van der Waals surface area contributed by atoms with E-state index in [1.54, 1.807) is 24.3 Å². The Balaban J connectivity index is 1.73. The van der Waals surface area contributed by atoms with E-state index in [4.69, 9.17) is 9.47 Å². The normalized spacial score (nSPS) is 12.3. The Bertz CT molecular complexity index is 1170. The van der Waals surface area contributed by atoms with Crippen molar-refractivity contribution in [2.45, 2.75) is 24.9 Å². The molecular weight excluding hydrogens is 482 g/mol. The molecule has 0 saturated carbocycles. The molecule has 0 unspecified atom stereocenters. The Hall–Kier alpha value is -4.17. The van der Waals surface area contributed by atoms with Gasteiger partial charge in [-0.2, -0.15) is 0 Å². The number of carbonyl (C=O) groups excluding carboxylic acids is 3. The van der Waals surface area contributed by atoms with E-state index in [1.165, 1.54) is 7.11 Å². The first kappa shape index (κ1) is 28.4. The molecule has 0 saturated heterocycles. The second kappa shape index (κ2) is 14.5. The molecule has 200 valence electrons. The predicted molar refractivity (Wildman–Crippen MR) is 146 cm³/mol. The summed E-state index contributed by atoms with van der Waals surface area (Å²) in [7, 11) is 5.21. The number of esters is 1. The van der Waals surface area contributed by atoms with Gasteiger partial charge < -0.3 is 25.0 Å². The number of carbonyl (C=O) groups is 3. The molecule has 0 bridgehead atoms. The third-order valence-corrected chi connectivity index (χ3v) is 5.91. The molecule has 0 aliphatic heterocycles. The van der Waals surface area contributed by atoms with Crippen molar-refractivity contribution in [2.24, 2.45) is 0 Å². The summed E-state index contributed by atoms with van der Waals surface area (Å²) >= 11 is 0. The molecule has 0 fully saturated rings. The van der Waals surface area contributed by atoms with E-state index in [-0.39, 0.29) is 12.8 Å². The number of benzene rings is 3. The largest absolute Gasteiger partial charge is 0.492 e. The Morgan fingerprint density at radius 1 is 0.763 bits per heavy atom. The summed E-state index contributed by atoms with van der Waals surface area (Å²) in [5.41, 5.74) is 2.14. The van der Waals surface area contributed by atoms with Crippen molar-refractivity contribution in [3.05, 3.63) is 102 Å². The topological polar surface area (TPSA) is 97.0 Å². The number of methoxy groups -OCH3 is 1. The van der Waals surface area contributed by atoms with Crippen LogP contribution in [0.2, 0.25) is 0 Å². The molecule has 38 heavy (non-hydrogen) atoms. The van der Waals surface area contributed by atoms with Gasteiger partial charge in [-0.15, -0.1) is 0 Å². The Morgan fingerprint density at radius 2 is 1.32 bits per heavy atom. The number of nitrogens with zero attached hydrogens (tertiary/aromatic N) is 1. The maximum atomic E-state index is 13.4. The third kappa shape index (κ3) is 9.05. The zero-order chi connectivity index (χ0) is 27.3. The lowest BCUT2D eigenvalue weighted by molar-refractivity contribution is -0.145. The maximum absolute atomic E-state index is 13.4. The zero-order valence-electron chi connectivity index (χ0n) is 22.1. The van der Waals surface area contributed by atoms with Crippen molar-refractivity contribution in [2.75, 3.05) is 34.4 Å². The van der Waals surface area contributed by atoms with Crippen LogP contribution in [0.15, 0.2) is 84.9 Å². The minimum Gasteiger partial charge on any atom is -0.492 e. The van der Waals surface area contributed by atoms with Crippen LogP contribution in [0.4, 0.5) is 0 Å². The molecule has 0 radical (unpaired) electrons. The van der Waals surface area contributed by atoms with E-state index >= 15 is 0 Å². The highest BCUT2D eigenvalue weighted by molar-refractivity contribution is 5.98. The summed E-state index contributed by atoms with van der Waals surface area (Å²) in [5, 5.41) is 5.62. The number of hydrogen-bond donors (Lipinski definition) is 2. The molecule has 2 N–H and O–H groups in total. The first-order valence-corrected chi connectivity index (χ1v) is 12.5. The van der Waals surface area contributed by atoms with Crippen molar-refractivity contribution in [1.82, 2.24) is 15.5 Å². The zero-order valence-corrected chi connectivity index (χ0v) is 22.1. The van der Waals surface area contributed by atoms with Crippen LogP contribution in [0.25, 0.3) is 0 Å². The molecule has 0 aliphatic rings. The number of ether oxygens (including phenoxy) is 2. The first-order valence-electron chi connectivity index (χ1n) is 12.5. The van der Waals surface area contributed by atoms with Gasteiger partial charge in [0.15, 0.2) is 0 Å². The Kier molecular flexibility index (Phi) is 10.9. The molecule has 0 aliphatic carbocycles. The quantitative estimate of drug-likeness (QED) is 0.339. The van der Waals surface area contributed by atoms with Gasteiger partial charge in [0.1, 0.15) is 24.4 Å². The summed E-state index contributed by atoms with van der Waals surface area (Å²) in [4.78, 5) is 41.0. The molecule has 3 aromatic carbocycles. The van der Waals surface area contributed by atoms with Crippen LogP contribution in [0, 0.1) is 0 Å². The highest BCUT2D eigenvalue weighted by Crippen LogP contribution is 2.13. The van der Waals surface area contributed by atoms with Gasteiger partial charge in [0.2, 0.25) is 5.91 Å². The van der Waals surface area contributed by atoms with Gasteiger partial charge in [0.25, 0.3) is 5.91 Å². The monoisotopic (exact) mass is 517 g/mol. The van der Waals surface area contributed by atoms with E-state index in [0.29, 0.717) is 17.9 Å². The fourth-order valence-electron chi connectivity index (χ4n) is 3.81. The number of nitrogens with one attached hydrogen (secondary N) is 2. The van der Waals surface area contributed by atoms with Crippen LogP contribution >= 0.6 is 0 Å². The van der Waals surface area contributed by atoms with Crippen LogP contribution in [0.1, 0.15) is 21.5 Å². The van der Waals surface area contributed by atoms with Gasteiger partial charge in [-0.3, -0.25) is 9.59 Å². The molecule has 2 amide bonds. The van der Waals surface area contributed by atoms with Crippen molar-refractivity contribution in [3.8, 4) is 5.75 Å². The summed E-state index contributed by atoms with van der Waals surface area (Å²) in [6.45, 7) is 1.30. The fourth-order valence-corrected chi connectivity index (χ4v) is 3.81. The second-order valence-electron chi connectivity index (χ2n) is 9.17. The Labute approximate surface area is 223 Å². The average molecular weight is 518 g/mol. The van der Waals surface area contributed by atoms with Crippen LogP contribution in [-0.4, -0.2) is 69.1 Å². The van der Waals surface area contributed by atoms with Gasteiger partial charge in [-0.1, -0.05) is 60.7 Å². The minimum absolute atomic E-state index is 0.253. The van der Waals surface area contributed by atoms with E-state index in [0.717, 1.165) is 17.7 Å². The van der Waals surface area contributed by atoms with Crippen LogP contribution in [-0.2, 0) is 27.2 Å². The first-order chi connectivity index (χ1) is 18.4. The van der Waals surface area contributed by atoms with Crippen molar-refractivity contribution >= 4 is 17.8 Å². The van der Waals surface area contributed by atoms with Crippen molar-refractivity contribution < 1.29 is 23.9 Å². The molecule has 8 heteroatoms. The van der Waals surface area contributed by atoms with Crippen molar-refractivity contribution in [3.63, 3.8) is 0 Å². The highest BCUT2D eigenvalue weighted by atomic mass is 16.5. The summed E-state index contributed by atoms with van der Waals surface area (Å²) in [6.07, 6.45) is 0.518. The van der Waals surface area contributed by atoms with Gasteiger partial charge in [-0.25, -0.2) is 4.79 Å². The lowest BCUT2D eigenvalue weighted by atomic mass is 10.0. The van der Waals surface area contributed by atoms with Crippen molar-refractivity contribution in [1.29, 1.82) is 0 Å². The number of likely N-dealkylation sites (N-methyl/N-ethyl adjacent to an activating group) is 1. The molecule has 2 atom stereocenters. The standard InChI is InChI=1S/C30H35N3O5/c1-33(2)18-19-38-25-16-14-24(15-17-25)28(34)31-26(20-22-10-6-4-7-11-22)29(35)32-27(30(36)37-3)21-23-12-8-5-9-13-23/h4-17,26-27H,18-21H2,1-3H3,(H,31,34)(H,32,35)/t26-,27-/m0/s1. The number of rotatable bonds is 13.